The van der Waals surface area contributed by atoms with E-state index >= 15 is 0 Å². The number of hydrogen-bond acceptors (Lipinski definition) is 2. The van der Waals surface area contributed by atoms with Gasteiger partial charge in [0.1, 0.15) is 0 Å². The third-order valence-electron chi connectivity index (χ3n) is 16.5. The molecule has 2 heteroatoms. The highest BCUT2D eigenvalue weighted by Gasteiger charge is 2.41. The van der Waals surface area contributed by atoms with Crippen molar-refractivity contribution in [3.63, 3.8) is 0 Å². The molecule has 2 atom stereocenters. The van der Waals surface area contributed by atoms with Gasteiger partial charge >= 0.3 is 0 Å². The molecule has 374 valence electrons. The van der Waals surface area contributed by atoms with Crippen molar-refractivity contribution < 1.29 is 0 Å². The van der Waals surface area contributed by atoms with Crippen LogP contribution in [-0.4, -0.2) is 9.97 Å². The lowest BCUT2D eigenvalue weighted by Gasteiger charge is -2.42. The molecular weight excluding hydrogens is 965 g/mol. The first-order chi connectivity index (χ1) is 39.6. The van der Waals surface area contributed by atoms with Gasteiger partial charge in [-0.2, -0.15) is 0 Å². The van der Waals surface area contributed by atoms with Crippen LogP contribution in [0, 0.1) is 0 Å². The van der Waals surface area contributed by atoms with Crippen LogP contribution < -0.4 is 0 Å². The topological polar surface area (TPSA) is 25.8 Å². The average Bonchev–Trinajstić information content (AvgIpc) is 3.69. The predicted molar refractivity (Wildman–Crippen MR) is 331 cm³/mol. The van der Waals surface area contributed by atoms with E-state index in [4.69, 9.17) is 4.98 Å². The highest BCUT2D eigenvalue weighted by molar-refractivity contribution is 5.91. The molecule has 2 unspecified atom stereocenters. The molecule has 0 amide bonds. The Morgan fingerprint density at radius 2 is 0.562 bits per heavy atom. The highest BCUT2D eigenvalue weighted by atomic mass is 14.7. The molecule has 0 saturated heterocycles. The van der Waals surface area contributed by atoms with E-state index in [-0.39, 0.29) is 11.8 Å². The van der Waals surface area contributed by atoms with Crippen molar-refractivity contribution in [1.29, 1.82) is 0 Å². The molecule has 2 nitrogen and oxygen atoms in total. The molecule has 2 aromatic heterocycles. The molecule has 0 radical (unpaired) electrons. The van der Waals surface area contributed by atoms with Crippen LogP contribution in [0.15, 0.2) is 303 Å². The summed E-state index contributed by atoms with van der Waals surface area (Å²) in [4.78, 5) is 10.2. The number of nitrogens with zero attached hydrogens (tertiary/aromatic N) is 2. The second-order valence-electron chi connectivity index (χ2n) is 21.2. The van der Waals surface area contributed by atoms with Gasteiger partial charge in [-0.3, -0.25) is 4.98 Å². The number of benzene rings is 11. The van der Waals surface area contributed by atoms with E-state index in [1.165, 1.54) is 94.6 Å². The molecule has 3 aliphatic carbocycles. The fourth-order valence-electron chi connectivity index (χ4n) is 12.7. The molecule has 2 heterocycles. The molecule has 11 aromatic carbocycles. The van der Waals surface area contributed by atoms with Crippen LogP contribution in [0.4, 0.5) is 0 Å². The van der Waals surface area contributed by atoms with Crippen molar-refractivity contribution in [2.45, 2.75) is 11.8 Å². The van der Waals surface area contributed by atoms with E-state index in [0.717, 1.165) is 50.5 Å². The Hall–Kier alpha value is -10.3. The van der Waals surface area contributed by atoms with Gasteiger partial charge in [0.15, 0.2) is 0 Å². The maximum Gasteiger partial charge on any atom is 0.0721 e. The SMILES string of the molecule is c1ccc(-c2cccc(-c3cc(-c4ccccc4)cc(-c4ccccc4-c4ccc5c(c4)C4c6ccccc6C5c5cc(-c6ccccc6-c6cc(-c7ccccc7)cc(-c7cccc(-c8ccccn8)c7)n6)ccc54)c3)c2)cc1. The van der Waals surface area contributed by atoms with Crippen molar-refractivity contribution in [2.24, 2.45) is 0 Å². The normalized spacial score (nSPS) is 13.8. The minimum Gasteiger partial charge on any atom is -0.256 e. The summed E-state index contributed by atoms with van der Waals surface area (Å²) in [5, 5.41) is 0. The number of hydrogen-bond donors (Lipinski definition) is 0. The van der Waals surface area contributed by atoms with E-state index in [2.05, 4.69) is 290 Å². The van der Waals surface area contributed by atoms with Crippen molar-refractivity contribution in [1.82, 2.24) is 9.97 Å². The second kappa shape index (κ2) is 19.9. The van der Waals surface area contributed by atoms with Gasteiger partial charge in [-0.15, -0.1) is 0 Å². The zero-order valence-corrected chi connectivity index (χ0v) is 43.9. The first-order valence-corrected chi connectivity index (χ1v) is 27.7. The summed E-state index contributed by atoms with van der Waals surface area (Å²) < 4.78 is 0. The monoisotopic (exact) mass is 1020 g/mol. The van der Waals surface area contributed by atoms with Crippen molar-refractivity contribution in [3.05, 3.63) is 337 Å². The van der Waals surface area contributed by atoms with Crippen LogP contribution in [0.5, 0.6) is 0 Å². The number of aromatic nitrogens is 2. The zero-order valence-electron chi connectivity index (χ0n) is 43.9. The van der Waals surface area contributed by atoms with Gasteiger partial charge in [0.25, 0.3) is 0 Å². The standard InChI is InChI=1S/C78H52N2/c1-4-20-51(21-5-1)54-26-18-27-55(42-54)61-44-60(52-22-6-2-7-23-52)45-63(46-61)66-32-11-10-30-64(66)56-37-39-70-72(47-56)77-68-34-14-15-35-69(68)78(70)73-48-57(38-40-71(73)77)65-31-12-13-33-67(65)76-50-62(53-24-8-3-9-25-53)49-75(80-76)59-29-19-28-58(43-59)74-36-16-17-41-79-74/h1-50,77-78H. The highest BCUT2D eigenvalue weighted by Crippen LogP contribution is 2.57. The molecule has 80 heavy (non-hydrogen) atoms. The van der Waals surface area contributed by atoms with Crippen LogP contribution in [-0.2, 0) is 0 Å². The maximum atomic E-state index is 5.49. The van der Waals surface area contributed by atoms with Gasteiger partial charge in [-0.25, -0.2) is 4.98 Å². The van der Waals surface area contributed by atoms with Crippen LogP contribution in [0.2, 0.25) is 0 Å². The third-order valence-corrected chi connectivity index (χ3v) is 16.5. The van der Waals surface area contributed by atoms with E-state index in [1.807, 2.05) is 18.3 Å². The Morgan fingerprint density at radius 3 is 1.14 bits per heavy atom. The first-order valence-electron chi connectivity index (χ1n) is 27.7. The van der Waals surface area contributed by atoms with Gasteiger partial charge in [0.2, 0.25) is 0 Å². The van der Waals surface area contributed by atoms with E-state index in [0.29, 0.717) is 0 Å². The summed E-state index contributed by atoms with van der Waals surface area (Å²) in [6, 6.07) is 109. The molecule has 3 aliphatic rings. The average molecular weight is 1020 g/mol. The maximum absolute atomic E-state index is 5.49. The van der Waals surface area contributed by atoms with Crippen molar-refractivity contribution in [2.75, 3.05) is 0 Å². The van der Waals surface area contributed by atoms with Gasteiger partial charge in [0, 0.05) is 34.7 Å². The van der Waals surface area contributed by atoms with Gasteiger partial charge in [0.05, 0.1) is 17.1 Å². The van der Waals surface area contributed by atoms with Crippen LogP contribution in [0.3, 0.4) is 0 Å². The molecule has 0 aliphatic heterocycles. The fraction of sp³-hybridized carbons (Fsp3) is 0.0256. The largest absolute Gasteiger partial charge is 0.256 e. The Balaban J connectivity index is 0.822. The Kier molecular flexibility index (Phi) is 11.7. The molecule has 16 rings (SSSR count). The Labute approximate surface area is 467 Å². The van der Waals surface area contributed by atoms with Crippen LogP contribution >= 0.6 is 0 Å². The fourth-order valence-corrected chi connectivity index (χ4v) is 12.7. The summed E-state index contributed by atoms with van der Waals surface area (Å²) in [5.74, 6) is 0.183. The summed E-state index contributed by atoms with van der Waals surface area (Å²) in [6.45, 7) is 0. The third kappa shape index (κ3) is 8.46. The molecule has 0 N–H and O–H groups in total. The van der Waals surface area contributed by atoms with Gasteiger partial charge in [-0.1, -0.05) is 231 Å². The van der Waals surface area contributed by atoms with E-state index in [9.17, 15) is 0 Å². The Morgan fingerprint density at radius 1 is 0.188 bits per heavy atom. The second-order valence-corrected chi connectivity index (χ2v) is 21.2. The molecule has 0 saturated carbocycles. The summed E-state index contributed by atoms with van der Waals surface area (Å²) in [7, 11) is 0. The zero-order chi connectivity index (χ0) is 52.9. The van der Waals surface area contributed by atoms with Crippen molar-refractivity contribution in [3.8, 4) is 112 Å². The minimum absolute atomic E-state index is 0.0897. The summed E-state index contributed by atoms with van der Waals surface area (Å²) >= 11 is 0. The molecule has 0 spiro atoms. The molecule has 13 aromatic rings. The van der Waals surface area contributed by atoms with E-state index in [1.54, 1.807) is 0 Å². The minimum atomic E-state index is 0.0897. The lowest BCUT2D eigenvalue weighted by Crippen LogP contribution is -2.27. The molecular formula is C78H52N2. The van der Waals surface area contributed by atoms with E-state index < -0.39 is 0 Å². The van der Waals surface area contributed by atoms with Crippen molar-refractivity contribution >= 4 is 0 Å². The van der Waals surface area contributed by atoms with Crippen LogP contribution in [0.1, 0.15) is 45.2 Å². The lowest BCUT2D eigenvalue weighted by molar-refractivity contribution is 0.755. The lowest BCUT2D eigenvalue weighted by atomic mass is 9.60. The summed E-state index contributed by atoms with van der Waals surface area (Å²) in [6.07, 6.45) is 1.85. The summed E-state index contributed by atoms with van der Waals surface area (Å²) in [5.41, 5.74) is 31.0. The van der Waals surface area contributed by atoms with Crippen LogP contribution in [0.25, 0.3) is 112 Å². The Bertz CT molecular complexity index is 4180. The molecule has 0 fully saturated rings. The predicted octanol–water partition coefficient (Wildman–Crippen LogP) is 20.1. The quantitative estimate of drug-likeness (QED) is 0.136. The number of pyridine rings is 2. The molecule has 2 bridgehead atoms. The van der Waals surface area contributed by atoms with Gasteiger partial charge in [-0.05, 0) is 178 Å². The number of rotatable bonds is 10. The smallest absolute Gasteiger partial charge is 0.0721 e. The van der Waals surface area contributed by atoms with Gasteiger partial charge < -0.3 is 0 Å². The first kappa shape index (κ1) is 47.0.